The predicted molar refractivity (Wildman–Crippen MR) is 126 cm³/mol. The first-order valence-corrected chi connectivity index (χ1v) is 10.9. The molecule has 1 fully saturated rings. The highest BCUT2D eigenvalue weighted by atomic mass is 19.1. The van der Waals surface area contributed by atoms with E-state index in [1.165, 1.54) is 12.3 Å². The maximum atomic E-state index is 13.0. The third kappa shape index (κ3) is 4.96. The second kappa shape index (κ2) is 9.30. The molecule has 4 aromatic rings. The van der Waals surface area contributed by atoms with E-state index in [2.05, 4.69) is 30.5 Å². The molecule has 2 N–H and O–H groups in total. The highest BCUT2D eigenvalue weighted by Gasteiger charge is 2.28. The summed E-state index contributed by atoms with van der Waals surface area (Å²) in [6.07, 6.45) is 6.62. The van der Waals surface area contributed by atoms with Crippen LogP contribution in [0.3, 0.4) is 0 Å². The summed E-state index contributed by atoms with van der Waals surface area (Å²) >= 11 is 0. The van der Waals surface area contributed by atoms with E-state index < -0.39 is 0 Å². The van der Waals surface area contributed by atoms with Gasteiger partial charge in [-0.15, -0.1) is 0 Å². The zero-order valence-corrected chi connectivity index (χ0v) is 17.9. The Labute approximate surface area is 190 Å². The summed E-state index contributed by atoms with van der Waals surface area (Å²) in [6.45, 7) is 1.15. The summed E-state index contributed by atoms with van der Waals surface area (Å²) in [5.74, 6) is 0.123. The van der Waals surface area contributed by atoms with E-state index >= 15 is 0 Å². The van der Waals surface area contributed by atoms with Crippen molar-refractivity contribution in [2.24, 2.45) is 0 Å². The van der Waals surface area contributed by atoms with Crippen LogP contribution in [-0.2, 0) is 4.79 Å². The third-order valence-corrected chi connectivity index (χ3v) is 5.72. The third-order valence-electron chi connectivity index (χ3n) is 5.72. The second-order valence-electron chi connectivity index (χ2n) is 8.05. The molecule has 1 aliphatic rings. The van der Waals surface area contributed by atoms with Crippen LogP contribution in [-0.4, -0.2) is 38.8 Å². The van der Waals surface area contributed by atoms with Gasteiger partial charge in [-0.1, -0.05) is 6.07 Å². The molecule has 0 aliphatic carbocycles. The minimum absolute atomic E-state index is 0.0502. The number of anilines is 3. The van der Waals surface area contributed by atoms with Crippen LogP contribution in [0.15, 0.2) is 73.2 Å². The number of nitrogens with one attached hydrogen (secondary N) is 2. The Hall–Kier alpha value is -3.91. The number of benzene rings is 1. The number of rotatable bonds is 6. The number of carbonyl (C=O) groups is 1. The largest absolute Gasteiger partial charge is 0.339 e. The highest BCUT2D eigenvalue weighted by Crippen LogP contribution is 2.31. The van der Waals surface area contributed by atoms with Gasteiger partial charge < -0.3 is 10.6 Å². The van der Waals surface area contributed by atoms with Gasteiger partial charge in [0.15, 0.2) is 0 Å². The Morgan fingerprint density at radius 2 is 1.94 bits per heavy atom. The first kappa shape index (κ1) is 21.0. The molecular formula is C25H23FN6O. The molecule has 5 rings (SSSR count). The van der Waals surface area contributed by atoms with Crippen LogP contribution in [0.4, 0.5) is 21.6 Å². The summed E-state index contributed by atoms with van der Waals surface area (Å²) in [5, 5.41) is 7.10. The number of carbonyl (C=O) groups excluding carboxylic acids is 1. The van der Waals surface area contributed by atoms with Crippen molar-refractivity contribution in [3.63, 3.8) is 0 Å². The molecule has 1 aliphatic heterocycles. The van der Waals surface area contributed by atoms with Gasteiger partial charge in [-0.2, -0.15) is 0 Å². The van der Waals surface area contributed by atoms with Gasteiger partial charge in [-0.05, 0) is 67.9 Å². The van der Waals surface area contributed by atoms with Gasteiger partial charge in [0, 0.05) is 17.3 Å². The van der Waals surface area contributed by atoms with Gasteiger partial charge in [-0.25, -0.2) is 9.37 Å². The maximum Gasteiger partial charge on any atom is 0.238 e. The number of fused-ring (bicyclic) bond motifs is 1. The molecule has 0 bridgehead atoms. The number of hydrogen-bond donors (Lipinski definition) is 2. The Morgan fingerprint density at radius 3 is 2.76 bits per heavy atom. The molecule has 1 saturated heterocycles. The van der Waals surface area contributed by atoms with Crippen molar-refractivity contribution in [3.8, 4) is 0 Å². The molecule has 4 heterocycles. The predicted octanol–water partition coefficient (Wildman–Crippen LogP) is 4.68. The van der Waals surface area contributed by atoms with Gasteiger partial charge in [0.25, 0.3) is 0 Å². The van der Waals surface area contributed by atoms with E-state index in [4.69, 9.17) is 0 Å². The van der Waals surface area contributed by atoms with E-state index in [1.807, 2.05) is 42.5 Å². The molecule has 1 amide bonds. The van der Waals surface area contributed by atoms with Crippen molar-refractivity contribution in [2.45, 2.75) is 18.9 Å². The van der Waals surface area contributed by atoms with E-state index in [0.717, 1.165) is 47.4 Å². The van der Waals surface area contributed by atoms with Gasteiger partial charge in [0.2, 0.25) is 5.91 Å². The molecule has 1 aromatic carbocycles. The smallest absolute Gasteiger partial charge is 0.238 e. The summed E-state index contributed by atoms with van der Waals surface area (Å²) in [6, 6.07) is 16.5. The van der Waals surface area contributed by atoms with Crippen LogP contribution < -0.4 is 10.6 Å². The number of nitrogens with zero attached hydrogens (tertiary/aromatic N) is 4. The number of aromatic nitrogens is 3. The highest BCUT2D eigenvalue weighted by molar-refractivity contribution is 5.94. The van der Waals surface area contributed by atoms with E-state index in [9.17, 15) is 9.18 Å². The fourth-order valence-corrected chi connectivity index (χ4v) is 4.16. The van der Waals surface area contributed by atoms with E-state index in [0.29, 0.717) is 12.4 Å². The van der Waals surface area contributed by atoms with Crippen molar-refractivity contribution >= 4 is 34.0 Å². The Balaban J connectivity index is 1.22. The fourth-order valence-electron chi connectivity index (χ4n) is 4.16. The van der Waals surface area contributed by atoms with Gasteiger partial charge in [0.05, 0.1) is 41.9 Å². The molecule has 8 heteroatoms. The number of halogens is 1. The van der Waals surface area contributed by atoms with Crippen LogP contribution in [0.1, 0.15) is 24.6 Å². The molecule has 0 radical (unpaired) electrons. The molecular weight excluding hydrogens is 419 g/mol. The van der Waals surface area contributed by atoms with Gasteiger partial charge >= 0.3 is 0 Å². The summed E-state index contributed by atoms with van der Waals surface area (Å²) < 4.78 is 13.0. The lowest BCUT2D eigenvalue weighted by atomic mass is 10.1. The summed E-state index contributed by atoms with van der Waals surface area (Å²) in [5.41, 5.74) is 3.36. The van der Waals surface area contributed by atoms with Crippen LogP contribution in [0, 0.1) is 5.82 Å². The molecule has 0 spiro atoms. The minimum Gasteiger partial charge on any atom is -0.339 e. The van der Waals surface area contributed by atoms with Crippen LogP contribution in [0.5, 0.6) is 0 Å². The van der Waals surface area contributed by atoms with Crippen LogP contribution in [0.25, 0.3) is 10.9 Å². The lowest BCUT2D eigenvalue weighted by Gasteiger charge is -2.23. The lowest BCUT2D eigenvalue weighted by molar-refractivity contribution is -0.117. The maximum absolute atomic E-state index is 13.0. The van der Waals surface area contributed by atoms with Gasteiger partial charge in [0.1, 0.15) is 11.6 Å². The minimum atomic E-state index is -0.378. The molecule has 166 valence electrons. The normalized spacial score (nSPS) is 16.1. The molecule has 0 saturated carbocycles. The number of hydrogen-bond acceptors (Lipinski definition) is 6. The SMILES string of the molecule is O=C(CN1CCC[C@H]1c1ccc(Nc2ccc(F)cn2)cn1)Nc1ccc2ncccc2c1. The van der Waals surface area contributed by atoms with Crippen LogP contribution in [0.2, 0.25) is 0 Å². The molecule has 0 unspecified atom stereocenters. The molecule has 33 heavy (non-hydrogen) atoms. The molecule has 1 atom stereocenters. The van der Waals surface area contributed by atoms with Crippen molar-refractivity contribution in [2.75, 3.05) is 23.7 Å². The monoisotopic (exact) mass is 442 g/mol. The number of pyridine rings is 3. The Morgan fingerprint density at radius 1 is 1.03 bits per heavy atom. The first-order valence-electron chi connectivity index (χ1n) is 10.9. The van der Waals surface area contributed by atoms with Crippen LogP contribution >= 0.6 is 0 Å². The van der Waals surface area contributed by atoms with Crippen molar-refractivity contribution in [3.05, 3.63) is 84.7 Å². The quantitative estimate of drug-likeness (QED) is 0.451. The zero-order chi connectivity index (χ0) is 22.6. The number of amides is 1. The van der Waals surface area contributed by atoms with Crippen molar-refractivity contribution in [1.29, 1.82) is 0 Å². The van der Waals surface area contributed by atoms with Crippen molar-refractivity contribution < 1.29 is 9.18 Å². The topological polar surface area (TPSA) is 83.0 Å². The standard InChI is InChI=1S/C25H23FN6O/c26-18-5-10-24(29-14-18)30-20-7-9-22(28-15-20)23-4-2-12-32(23)16-25(33)31-19-6-8-21-17(13-19)3-1-11-27-21/h1,3,5-11,13-15,23H,2,4,12,16H2,(H,29,30)(H,31,33)/t23-/m0/s1. The fraction of sp³-hybridized carbons (Fsp3) is 0.200. The van der Waals surface area contributed by atoms with E-state index in [-0.39, 0.29) is 17.8 Å². The molecule has 3 aromatic heterocycles. The first-order chi connectivity index (χ1) is 16.1. The average molecular weight is 442 g/mol. The van der Waals surface area contributed by atoms with E-state index in [1.54, 1.807) is 18.5 Å². The van der Waals surface area contributed by atoms with Crippen molar-refractivity contribution in [1.82, 2.24) is 19.9 Å². The molecule has 7 nitrogen and oxygen atoms in total. The Kier molecular flexibility index (Phi) is 5.91. The summed E-state index contributed by atoms with van der Waals surface area (Å²) in [4.78, 5) is 27.8. The zero-order valence-electron chi connectivity index (χ0n) is 17.9. The Bertz CT molecular complexity index is 1260. The van der Waals surface area contributed by atoms with Gasteiger partial charge in [-0.3, -0.25) is 19.7 Å². The summed E-state index contributed by atoms with van der Waals surface area (Å²) in [7, 11) is 0. The second-order valence-corrected chi connectivity index (χ2v) is 8.05. The average Bonchev–Trinajstić information content (AvgIpc) is 3.29. The lowest BCUT2D eigenvalue weighted by Crippen LogP contribution is -2.33. The number of likely N-dealkylation sites (tertiary alicyclic amines) is 1.